The van der Waals surface area contributed by atoms with Crippen LogP contribution in [0.2, 0.25) is 0 Å². The first-order valence-corrected chi connectivity index (χ1v) is 5.68. The summed E-state index contributed by atoms with van der Waals surface area (Å²) in [5.74, 6) is -0.420. The van der Waals surface area contributed by atoms with Gasteiger partial charge in [-0.25, -0.2) is 4.98 Å². The number of aryl methyl sites for hydroxylation is 1. The summed E-state index contributed by atoms with van der Waals surface area (Å²) in [4.78, 5) is 30.6. The Hall–Kier alpha value is -1.73. The molecule has 7 nitrogen and oxygen atoms in total. The lowest BCUT2D eigenvalue weighted by atomic mass is 10.2. The zero-order chi connectivity index (χ0) is 13.1. The minimum absolute atomic E-state index is 0.0318. The van der Waals surface area contributed by atoms with Crippen molar-refractivity contribution in [2.45, 2.75) is 13.0 Å². The zero-order valence-electron chi connectivity index (χ0n) is 10.0. The number of nitrogens with one attached hydrogen (secondary N) is 1. The second-order valence-corrected chi connectivity index (χ2v) is 4.26. The van der Waals surface area contributed by atoms with Crippen LogP contribution >= 0.6 is 0 Å². The van der Waals surface area contributed by atoms with Crippen molar-refractivity contribution in [2.75, 3.05) is 26.2 Å². The van der Waals surface area contributed by atoms with Crippen LogP contribution in [0.25, 0.3) is 0 Å². The maximum absolute atomic E-state index is 11.4. The molecule has 1 saturated heterocycles. The number of hydrogen-bond donors (Lipinski definition) is 2. The van der Waals surface area contributed by atoms with Gasteiger partial charge in [-0.1, -0.05) is 0 Å². The van der Waals surface area contributed by atoms with E-state index in [0.717, 1.165) is 0 Å². The molecule has 2 N–H and O–H groups in total. The molecule has 1 aliphatic rings. The first-order chi connectivity index (χ1) is 8.54. The Labute approximate surface area is 103 Å². The third-order valence-electron chi connectivity index (χ3n) is 2.70. The van der Waals surface area contributed by atoms with E-state index in [1.54, 1.807) is 11.8 Å². The number of morpholine rings is 1. The van der Waals surface area contributed by atoms with E-state index in [0.29, 0.717) is 31.2 Å². The van der Waals surface area contributed by atoms with Gasteiger partial charge in [0.25, 0.3) is 5.56 Å². The van der Waals surface area contributed by atoms with Gasteiger partial charge in [-0.05, 0) is 6.92 Å². The van der Waals surface area contributed by atoms with E-state index in [2.05, 4.69) is 9.97 Å². The molecule has 7 heteroatoms. The number of carboxylic acids is 1. The molecule has 1 aromatic rings. The van der Waals surface area contributed by atoms with Crippen molar-refractivity contribution in [3.05, 3.63) is 27.9 Å². The van der Waals surface area contributed by atoms with Gasteiger partial charge in [-0.2, -0.15) is 0 Å². The number of nitrogens with zero attached hydrogens (tertiary/aromatic N) is 2. The number of H-pyrrole nitrogens is 1. The average molecular weight is 253 g/mol. The Morgan fingerprint density at radius 1 is 1.72 bits per heavy atom. The van der Waals surface area contributed by atoms with Gasteiger partial charge in [-0.3, -0.25) is 14.5 Å². The summed E-state index contributed by atoms with van der Waals surface area (Å²) in [5.41, 5.74) is 0.393. The Morgan fingerprint density at radius 2 is 2.50 bits per heavy atom. The molecule has 0 saturated carbocycles. The van der Waals surface area contributed by atoms with Crippen molar-refractivity contribution in [3.8, 4) is 0 Å². The molecule has 0 radical (unpaired) electrons. The Morgan fingerprint density at radius 3 is 3.17 bits per heavy atom. The monoisotopic (exact) mass is 253 g/mol. The van der Waals surface area contributed by atoms with E-state index in [4.69, 9.17) is 9.84 Å². The Kier molecular flexibility index (Phi) is 3.73. The molecule has 0 aromatic carbocycles. The summed E-state index contributed by atoms with van der Waals surface area (Å²) in [6.07, 6.45) is -0.384. The molecule has 0 amide bonds. The van der Waals surface area contributed by atoms with Crippen molar-refractivity contribution >= 4 is 5.97 Å². The van der Waals surface area contributed by atoms with Crippen LogP contribution in [0.1, 0.15) is 17.6 Å². The van der Waals surface area contributed by atoms with Crippen LogP contribution in [0.4, 0.5) is 0 Å². The molecule has 1 atom stereocenters. The van der Waals surface area contributed by atoms with Crippen LogP contribution in [0, 0.1) is 6.92 Å². The highest BCUT2D eigenvalue weighted by Gasteiger charge is 2.25. The maximum atomic E-state index is 11.4. The first-order valence-electron chi connectivity index (χ1n) is 5.68. The van der Waals surface area contributed by atoms with Gasteiger partial charge in [0.05, 0.1) is 13.2 Å². The zero-order valence-corrected chi connectivity index (χ0v) is 10.0. The molecule has 1 aliphatic heterocycles. The molecular formula is C11H15N3O4. The van der Waals surface area contributed by atoms with Crippen LogP contribution in [0.15, 0.2) is 10.9 Å². The van der Waals surface area contributed by atoms with E-state index in [9.17, 15) is 9.59 Å². The van der Waals surface area contributed by atoms with E-state index in [1.807, 2.05) is 0 Å². The van der Waals surface area contributed by atoms with Gasteiger partial charge in [0.1, 0.15) is 11.9 Å². The average Bonchev–Trinajstić information content (AvgIpc) is 2.27. The SMILES string of the molecule is Cc1cc(=O)[nH]c([C@@H]2CN(CC(=O)O)CCO2)n1. The second-order valence-electron chi connectivity index (χ2n) is 4.26. The van der Waals surface area contributed by atoms with Gasteiger partial charge >= 0.3 is 5.97 Å². The molecule has 1 fully saturated rings. The van der Waals surface area contributed by atoms with Crippen LogP contribution < -0.4 is 5.56 Å². The number of ether oxygens (including phenoxy) is 1. The number of aromatic nitrogens is 2. The summed E-state index contributed by atoms with van der Waals surface area (Å²) < 4.78 is 5.52. The van der Waals surface area contributed by atoms with Gasteiger partial charge in [0, 0.05) is 24.8 Å². The quantitative estimate of drug-likeness (QED) is 0.756. The highest BCUT2D eigenvalue weighted by Crippen LogP contribution is 2.18. The number of carbonyl (C=O) groups is 1. The first kappa shape index (κ1) is 12.7. The van der Waals surface area contributed by atoms with Gasteiger partial charge in [0.2, 0.25) is 0 Å². The van der Waals surface area contributed by atoms with Crippen molar-refractivity contribution < 1.29 is 14.6 Å². The smallest absolute Gasteiger partial charge is 0.317 e. The minimum atomic E-state index is -0.874. The number of rotatable bonds is 3. The van der Waals surface area contributed by atoms with Crippen LogP contribution in [0.5, 0.6) is 0 Å². The molecule has 0 unspecified atom stereocenters. The normalized spacial score (nSPS) is 20.8. The fourth-order valence-corrected chi connectivity index (χ4v) is 1.96. The van der Waals surface area contributed by atoms with E-state index in [1.165, 1.54) is 6.07 Å². The van der Waals surface area contributed by atoms with Gasteiger partial charge in [-0.15, -0.1) is 0 Å². The molecule has 2 heterocycles. The summed E-state index contributed by atoms with van der Waals surface area (Å²) >= 11 is 0. The highest BCUT2D eigenvalue weighted by atomic mass is 16.5. The molecule has 2 rings (SSSR count). The van der Waals surface area contributed by atoms with Crippen LogP contribution in [-0.4, -0.2) is 52.2 Å². The van der Waals surface area contributed by atoms with Gasteiger partial charge in [0.15, 0.2) is 0 Å². The minimum Gasteiger partial charge on any atom is -0.480 e. The Bertz CT molecular complexity index is 499. The van der Waals surface area contributed by atoms with Crippen molar-refractivity contribution in [1.82, 2.24) is 14.9 Å². The third-order valence-corrected chi connectivity index (χ3v) is 2.70. The van der Waals surface area contributed by atoms with Crippen LogP contribution in [-0.2, 0) is 9.53 Å². The molecule has 1 aromatic heterocycles. The van der Waals surface area contributed by atoms with Crippen molar-refractivity contribution in [2.24, 2.45) is 0 Å². The summed E-state index contributed by atoms with van der Waals surface area (Å²) in [6, 6.07) is 1.40. The molecule has 0 aliphatic carbocycles. The number of aromatic amines is 1. The molecule has 0 spiro atoms. The maximum Gasteiger partial charge on any atom is 0.317 e. The topological polar surface area (TPSA) is 95.5 Å². The predicted octanol–water partition coefficient (Wildman–Crippen LogP) is -0.464. The van der Waals surface area contributed by atoms with E-state index >= 15 is 0 Å². The lowest BCUT2D eigenvalue weighted by Crippen LogP contribution is -2.42. The standard InChI is InChI=1S/C11H15N3O4/c1-7-4-9(15)13-11(12-7)8-5-14(2-3-18-8)6-10(16)17/h4,8H,2-3,5-6H2,1H3,(H,16,17)(H,12,13,15)/t8-/m0/s1. The lowest BCUT2D eigenvalue weighted by Gasteiger charge is -2.31. The fourth-order valence-electron chi connectivity index (χ4n) is 1.96. The van der Waals surface area contributed by atoms with Crippen LogP contribution in [0.3, 0.4) is 0 Å². The molecule has 0 bridgehead atoms. The molecule has 98 valence electrons. The highest BCUT2D eigenvalue weighted by molar-refractivity contribution is 5.69. The summed E-state index contributed by atoms with van der Waals surface area (Å²) in [6.45, 7) is 3.11. The summed E-state index contributed by atoms with van der Waals surface area (Å²) in [5, 5.41) is 8.75. The largest absolute Gasteiger partial charge is 0.480 e. The molecular weight excluding hydrogens is 238 g/mol. The summed E-state index contributed by atoms with van der Waals surface area (Å²) in [7, 11) is 0. The van der Waals surface area contributed by atoms with E-state index < -0.39 is 5.97 Å². The molecule has 18 heavy (non-hydrogen) atoms. The number of carboxylic acid groups (broad SMARTS) is 1. The number of hydrogen-bond acceptors (Lipinski definition) is 5. The Balaban J connectivity index is 2.12. The van der Waals surface area contributed by atoms with Crippen molar-refractivity contribution in [3.63, 3.8) is 0 Å². The lowest BCUT2D eigenvalue weighted by molar-refractivity contribution is -0.140. The second kappa shape index (κ2) is 5.28. The third kappa shape index (κ3) is 3.14. The number of aliphatic carboxylic acids is 1. The fraction of sp³-hybridized carbons (Fsp3) is 0.545. The van der Waals surface area contributed by atoms with Crippen molar-refractivity contribution in [1.29, 1.82) is 0 Å². The van der Waals surface area contributed by atoms with E-state index in [-0.39, 0.29) is 18.2 Å². The van der Waals surface area contributed by atoms with Gasteiger partial charge < -0.3 is 14.8 Å². The predicted molar refractivity (Wildman–Crippen MR) is 62.4 cm³/mol.